The lowest BCUT2D eigenvalue weighted by atomic mass is 10.1. The molecule has 16 heavy (non-hydrogen) atoms. The third kappa shape index (κ3) is 1.60. The van der Waals surface area contributed by atoms with Crippen LogP contribution in [-0.4, -0.2) is 4.98 Å². The second-order valence-corrected chi connectivity index (χ2v) is 5.03. The number of rotatable bonds is 2. The van der Waals surface area contributed by atoms with Crippen molar-refractivity contribution in [1.82, 2.24) is 4.98 Å². The van der Waals surface area contributed by atoms with E-state index in [0.29, 0.717) is 6.54 Å². The Bertz CT molecular complexity index is 481. The van der Waals surface area contributed by atoms with Gasteiger partial charge in [-0.25, -0.2) is 4.98 Å². The highest BCUT2D eigenvalue weighted by Crippen LogP contribution is 2.30. The van der Waals surface area contributed by atoms with E-state index in [4.69, 9.17) is 5.73 Å². The van der Waals surface area contributed by atoms with Gasteiger partial charge < -0.3 is 10.6 Å². The van der Waals surface area contributed by atoms with Crippen LogP contribution in [0, 0.1) is 0 Å². The fraction of sp³-hybridized carbons (Fsp3) is 0.250. The Labute approximate surface area is 98.5 Å². The molecule has 4 heteroatoms. The molecule has 1 aliphatic heterocycles. The fourth-order valence-electron chi connectivity index (χ4n) is 2.01. The van der Waals surface area contributed by atoms with E-state index in [1.807, 2.05) is 6.20 Å². The van der Waals surface area contributed by atoms with Crippen LogP contribution in [0.15, 0.2) is 30.5 Å². The second-order valence-electron chi connectivity index (χ2n) is 3.94. The summed E-state index contributed by atoms with van der Waals surface area (Å²) in [5, 5.41) is 1.08. The SMILES string of the molecule is NCc1cnc(N2Cc3ccccc3C2)s1. The van der Waals surface area contributed by atoms with Gasteiger partial charge in [-0.3, -0.25) is 0 Å². The van der Waals surface area contributed by atoms with Crippen LogP contribution >= 0.6 is 11.3 Å². The standard InChI is InChI=1S/C12H13N3S/c13-5-11-6-14-12(16-11)15-7-9-3-1-2-4-10(9)8-15/h1-4,6H,5,7-8,13H2. The minimum atomic E-state index is 0.582. The van der Waals surface area contributed by atoms with Crippen LogP contribution in [0.1, 0.15) is 16.0 Å². The fourth-order valence-corrected chi connectivity index (χ4v) is 2.79. The van der Waals surface area contributed by atoms with Gasteiger partial charge in [-0.2, -0.15) is 0 Å². The van der Waals surface area contributed by atoms with Gasteiger partial charge in [0.1, 0.15) is 0 Å². The van der Waals surface area contributed by atoms with Crippen LogP contribution in [0.5, 0.6) is 0 Å². The summed E-state index contributed by atoms with van der Waals surface area (Å²) in [5.74, 6) is 0. The van der Waals surface area contributed by atoms with Gasteiger partial charge in [0.25, 0.3) is 0 Å². The maximum Gasteiger partial charge on any atom is 0.186 e. The summed E-state index contributed by atoms with van der Waals surface area (Å²) in [6.45, 7) is 2.51. The van der Waals surface area contributed by atoms with Crippen molar-refractivity contribution in [2.75, 3.05) is 4.90 Å². The van der Waals surface area contributed by atoms with E-state index in [9.17, 15) is 0 Å². The Morgan fingerprint density at radius 3 is 2.50 bits per heavy atom. The molecular weight excluding hydrogens is 218 g/mol. The van der Waals surface area contributed by atoms with Crippen molar-refractivity contribution < 1.29 is 0 Å². The first kappa shape index (κ1) is 9.81. The molecule has 0 bridgehead atoms. The Morgan fingerprint density at radius 2 is 1.94 bits per heavy atom. The average molecular weight is 231 g/mol. The Morgan fingerprint density at radius 1 is 1.25 bits per heavy atom. The van der Waals surface area contributed by atoms with E-state index < -0.39 is 0 Å². The lowest BCUT2D eigenvalue weighted by Crippen LogP contribution is -2.13. The number of fused-ring (bicyclic) bond motifs is 1. The van der Waals surface area contributed by atoms with Crippen LogP contribution in [0.4, 0.5) is 5.13 Å². The van der Waals surface area contributed by atoms with Crippen LogP contribution < -0.4 is 10.6 Å². The van der Waals surface area contributed by atoms with Gasteiger partial charge in [-0.1, -0.05) is 24.3 Å². The molecule has 82 valence electrons. The number of benzene rings is 1. The summed E-state index contributed by atoms with van der Waals surface area (Å²) in [6.07, 6.45) is 1.88. The zero-order valence-corrected chi connectivity index (χ0v) is 9.70. The van der Waals surface area contributed by atoms with Gasteiger partial charge in [-0.05, 0) is 11.1 Å². The number of hydrogen-bond donors (Lipinski definition) is 1. The Balaban J connectivity index is 1.85. The van der Waals surface area contributed by atoms with Crippen molar-refractivity contribution in [3.8, 4) is 0 Å². The molecule has 0 unspecified atom stereocenters. The molecule has 3 nitrogen and oxygen atoms in total. The highest BCUT2D eigenvalue weighted by molar-refractivity contribution is 7.15. The van der Waals surface area contributed by atoms with Crippen molar-refractivity contribution in [1.29, 1.82) is 0 Å². The first-order valence-electron chi connectivity index (χ1n) is 5.33. The number of aromatic nitrogens is 1. The normalized spacial score (nSPS) is 14.2. The second kappa shape index (κ2) is 3.88. The first-order valence-corrected chi connectivity index (χ1v) is 6.15. The number of hydrogen-bond acceptors (Lipinski definition) is 4. The summed E-state index contributed by atoms with van der Waals surface area (Å²) in [6, 6.07) is 8.56. The summed E-state index contributed by atoms with van der Waals surface area (Å²) in [5.41, 5.74) is 8.42. The van der Waals surface area contributed by atoms with Gasteiger partial charge in [0.05, 0.1) is 0 Å². The molecule has 1 aromatic heterocycles. The number of nitrogens with two attached hydrogens (primary N) is 1. The molecule has 0 saturated carbocycles. The Hall–Kier alpha value is -1.39. The molecule has 0 atom stereocenters. The van der Waals surface area contributed by atoms with Gasteiger partial charge in [0, 0.05) is 30.7 Å². The maximum atomic E-state index is 5.60. The highest BCUT2D eigenvalue weighted by Gasteiger charge is 2.20. The largest absolute Gasteiger partial charge is 0.339 e. The van der Waals surface area contributed by atoms with Crippen LogP contribution in [-0.2, 0) is 19.6 Å². The van der Waals surface area contributed by atoms with Crippen LogP contribution in [0.2, 0.25) is 0 Å². The smallest absolute Gasteiger partial charge is 0.186 e. The van der Waals surface area contributed by atoms with Crippen molar-refractivity contribution in [3.05, 3.63) is 46.5 Å². The minimum Gasteiger partial charge on any atom is -0.339 e. The van der Waals surface area contributed by atoms with Gasteiger partial charge >= 0.3 is 0 Å². The lowest BCUT2D eigenvalue weighted by molar-refractivity contribution is 0.873. The van der Waals surface area contributed by atoms with E-state index in [2.05, 4.69) is 34.1 Å². The molecule has 1 aliphatic rings. The first-order chi connectivity index (χ1) is 7.86. The van der Waals surface area contributed by atoms with Crippen molar-refractivity contribution in [3.63, 3.8) is 0 Å². The lowest BCUT2D eigenvalue weighted by Gasteiger charge is -2.12. The number of thiazole rings is 1. The van der Waals surface area contributed by atoms with E-state index in [1.165, 1.54) is 11.1 Å². The van der Waals surface area contributed by atoms with Gasteiger partial charge in [0.2, 0.25) is 0 Å². The van der Waals surface area contributed by atoms with E-state index in [0.717, 1.165) is 23.1 Å². The zero-order valence-electron chi connectivity index (χ0n) is 8.89. The molecule has 0 fully saturated rings. The van der Waals surface area contributed by atoms with E-state index in [1.54, 1.807) is 11.3 Å². The summed E-state index contributed by atoms with van der Waals surface area (Å²) in [7, 11) is 0. The number of nitrogens with zero attached hydrogens (tertiary/aromatic N) is 2. The van der Waals surface area contributed by atoms with Gasteiger partial charge in [0.15, 0.2) is 5.13 Å². The molecule has 0 spiro atoms. The molecule has 2 aromatic rings. The van der Waals surface area contributed by atoms with Crippen molar-refractivity contribution >= 4 is 16.5 Å². The molecule has 0 aliphatic carbocycles. The summed E-state index contributed by atoms with van der Waals surface area (Å²) >= 11 is 1.69. The molecule has 3 rings (SSSR count). The van der Waals surface area contributed by atoms with Crippen molar-refractivity contribution in [2.45, 2.75) is 19.6 Å². The predicted octanol–water partition coefficient (Wildman–Crippen LogP) is 2.12. The van der Waals surface area contributed by atoms with E-state index in [-0.39, 0.29) is 0 Å². The van der Waals surface area contributed by atoms with Crippen LogP contribution in [0.3, 0.4) is 0 Å². The molecule has 2 N–H and O–H groups in total. The highest BCUT2D eigenvalue weighted by atomic mass is 32.1. The third-order valence-corrected chi connectivity index (χ3v) is 3.93. The predicted molar refractivity (Wildman–Crippen MR) is 66.3 cm³/mol. The monoisotopic (exact) mass is 231 g/mol. The minimum absolute atomic E-state index is 0.582. The molecule has 2 heterocycles. The molecule has 0 amide bonds. The average Bonchev–Trinajstić information content (AvgIpc) is 2.95. The third-order valence-electron chi connectivity index (χ3n) is 2.85. The topological polar surface area (TPSA) is 42.1 Å². The van der Waals surface area contributed by atoms with Crippen molar-refractivity contribution in [2.24, 2.45) is 5.73 Å². The maximum absolute atomic E-state index is 5.60. The van der Waals surface area contributed by atoms with E-state index >= 15 is 0 Å². The molecule has 0 radical (unpaired) electrons. The quantitative estimate of drug-likeness (QED) is 0.861. The van der Waals surface area contributed by atoms with Crippen LogP contribution in [0.25, 0.3) is 0 Å². The molecular formula is C12H13N3S. The number of anilines is 1. The summed E-state index contributed by atoms with van der Waals surface area (Å²) in [4.78, 5) is 7.86. The molecule has 1 aromatic carbocycles. The Kier molecular flexibility index (Phi) is 2.38. The molecule has 0 saturated heterocycles. The zero-order chi connectivity index (χ0) is 11.0. The van der Waals surface area contributed by atoms with Gasteiger partial charge in [-0.15, -0.1) is 11.3 Å². The summed E-state index contributed by atoms with van der Waals surface area (Å²) < 4.78 is 0.